The van der Waals surface area contributed by atoms with Crippen LogP contribution in [0.3, 0.4) is 0 Å². The average molecular weight is 375 g/mol. The van der Waals surface area contributed by atoms with Crippen molar-refractivity contribution >= 4 is 11.7 Å². The van der Waals surface area contributed by atoms with Crippen LogP contribution in [-0.2, 0) is 13.1 Å². The zero-order valence-electron chi connectivity index (χ0n) is 16.3. The standard InChI is InChI=1S/C23H25N3O2/c1-3-26(17-18-9-5-4-6-10-18)23(27)20-13-14-22(25-16-20)24-15-19-11-7-8-12-21(19)28-2/h4-14,16H,3,15,17H2,1-2H3,(H,24,25). The highest BCUT2D eigenvalue weighted by atomic mass is 16.5. The molecule has 0 atom stereocenters. The second-order valence-electron chi connectivity index (χ2n) is 6.40. The largest absolute Gasteiger partial charge is 0.496 e. The SMILES string of the molecule is CCN(Cc1ccccc1)C(=O)c1ccc(NCc2ccccc2OC)nc1. The Labute approximate surface area is 166 Å². The van der Waals surface area contributed by atoms with Gasteiger partial charge in [-0.1, -0.05) is 48.5 Å². The van der Waals surface area contributed by atoms with Crippen LogP contribution in [0.1, 0.15) is 28.4 Å². The molecule has 0 fully saturated rings. The van der Waals surface area contributed by atoms with Crippen LogP contribution in [0.2, 0.25) is 0 Å². The molecule has 2 aromatic carbocycles. The number of nitrogens with one attached hydrogen (secondary N) is 1. The van der Waals surface area contributed by atoms with Gasteiger partial charge in [0.2, 0.25) is 0 Å². The van der Waals surface area contributed by atoms with Crippen LogP contribution in [0.4, 0.5) is 5.82 Å². The molecule has 0 unspecified atom stereocenters. The zero-order valence-corrected chi connectivity index (χ0v) is 16.3. The summed E-state index contributed by atoms with van der Waals surface area (Å²) in [5.41, 5.74) is 2.74. The number of ether oxygens (including phenoxy) is 1. The molecule has 1 N–H and O–H groups in total. The Morgan fingerprint density at radius 2 is 1.79 bits per heavy atom. The third-order valence-corrected chi connectivity index (χ3v) is 4.55. The highest BCUT2D eigenvalue weighted by Gasteiger charge is 2.15. The molecule has 5 nitrogen and oxygen atoms in total. The number of benzene rings is 2. The molecule has 1 heterocycles. The molecule has 0 aliphatic heterocycles. The second kappa shape index (κ2) is 9.55. The average Bonchev–Trinajstić information content (AvgIpc) is 2.77. The predicted octanol–water partition coefficient (Wildman–Crippen LogP) is 4.36. The maximum atomic E-state index is 12.8. The molecule has 0 aliphatic rings. The topological polar surface area (TPSA) is 54.5 Å². The predicted molar refractivity (Wildman–Crippen MR) is 111 cm³/mol. The van der Waals surface area contributed by atoms with Crippen molar-refractivity contribution in [1.82, 2.24) is 9.88 Å². The Bertz CT molecular complexity index is 895. The number of carbonyl (C=O) groups is 1. The lowest BCUT2D eigenvalue weighted by Crippen LogP contribution is -2.30. The maximum Gasteiger partial charge on any atom is 0.255 e. The van der Waals surface area contributed by atoms with E-state index in [0.717, 1.165) is 16.9 Å². The summed E-state index contributed by atoms with van der Waals surface area (Å²) in [4.78, 5) is 19.0. The lowest BCUT2D eigenvalue weighted by Gasteiger charge is -2.21. The molecule has 0 radical (unpaired) electrons. The number of amides is 1. The molecule has 144 valence electrons. The van der Waals surface area contributed by atoms with Crippen molar-refractivity contribution in [2.75, 3.05) is 19.0 Å². The normalized spacial score (nSPS) is 10.4. The molecule has 0 spiro atoms. The minimum absolute atomic E-state index is 0.0184. The van der Waals surface area contributed by atoms with Crippen LogP contribution in [0.15, 0.2) is 72.9 Å². The third kappa shape index (κ3) is 4.88. The number of hydrogen-bond donors (Lipinski definition) is 1. The first kappa shape index (κ1) is 19.4. The summed E-state index contributed by atoms with van der Waals surface area (Å²) in [6.45, 7) is 3.81. The number of anilines is 1. The Kier molecular flexibility index (Phi) is 6.63. The summed E-state index contributed by atoms with van der Waals surface area (Å²) in [5, 5.41) is 3.27. The number of rotatable bonds is 8. The molecular weight excluding hydrogens is 350 g/mol. The van der Waals surface area contributed by atoms with E-state index < -0.39 is 0 Å². The van der Waals surface area contributed by atoms with E-state index in [9.17, 15) is 4.79 Å². The van der Waals surface area contributed by atoms with E-state index in [2.05, 4.69) is 10.3 Å². The van der Waals surface area contributed by atoms with E-state index >= 15 is 0 Å². The number of aromatic nitrogens is 1. The Morgan fingerprint density at radius 1 is 1.04 bits per heavy atom. The van der Waals surface area contributed by atoms with Crippen molar-refractivity contribution < 1.29 is 9.53 Å². The molecule has 0 aliphatic carbocycles. The smallest absolute Gasteiger partial charge is 0.255 e. The van der Waals surface area contributed by atoms with Crippen molar-refractivity contribution in [3.8, 4) is 5.75 Å². The third-order valence-electron chi connectivity index (χ3n) is 4.55. The Morgan fingerprint density at radius 3 is 2.46 bits per heavy atom. The Hall–Kier alpha value is -3.34. The van der Waals surface area contributed by atoms with Gasteiger partial charge in [0.05, 0.1) is 12.7 Å². The summed E-state index contributed by atoms with van der Waals surface area (Å²) < 4.78 is 5.36. The highest BCUT2D eigenvalue weighted by molar-refractivity contribution is 5.94. The fraction of sp³-hybridized carbons (Fsp3) is 0.217. The first-order chi connectivity index (χ1) is 13.7. The van der Waals surface area contributed by atoms with Crippen LogP contribution in [0, 0.1) is 0 Å². The number of para-hydroxylation sites is 1. The van der Waals surface area contributed by atoms with E-state index in [1.165, 1.54) is 0 Å². The maximum absolute atomic E-state index is 12.8. The van der Waals surface area contributed by atoms with Gasteiger partial charge in [-0.05, 0) is 30.7 Å². The van der Waals surface area contributed by atoms with Gasteiger partial charge in [0.1, 0.15) is 11.6 Å². The van der Waals surface area contributed by atoms with Crippen molar-refractivity contribution in [2.45, 2.75) is 20.0 Å². The van der Waals surface area contributed by atoms with E-state index in [1.54, 1.807) is 13.3 Å². The molecule has 0 saturated heterocycles. The van der Waals surface area contributed by atoms with E-state index in [1.807, 2.05) is 78.6 Å². The molecule has 1 aromatic heterocycles. The van der Waals surface area contributed by atoms with Gasteiger partial charge < -0.3 is 15.0 Å². The number of hydrogen-bond acceptors (Lipinski definition) is 4. The van der Waals surface area contributed by atoms with Gasteiger partial charge in [-0.15, -0.1) is 0 Å². The van der Waals surface area contributed by atoms with Gasteiger partial charge in [0.25, 0.3) is 5.91 Å². The minimum Gasteiger partial charge on any atom is -0.496 e. The molecule has 3 aromatic rings. The fourth-order valence-corrected chi connectivity index (χ4v) is 2.97. The number of carbonyl (C=O) groups excluding carboxylic acids is 1. The molecule has 5 heteroatoms. The monoisotopic (exact) mass is 375 g/mol. The number of pyridine rings is 1. The number of nitrogens with zero attached hydrogens (tertiary/aromatic N) is 2. The van der Waals surface area contributed by atoms with Gasteiger partial charge in [-0.2, -0.15) is 0 Å². The quantitative estimate of drug-likeness (QED) is 0.635. The van der Waals surface area contributed by atoms with Crippen molar-refractivity contribution in [2.24, 2.45) is 0 Å². The first-order valence-corrected chi connectivity index (χ1v) is 9.36. The van der Waals surface area contributed by atoms with E-state index in [0.29, 0.717) is 31.0 Å². The molecule has 1 amide bonds. The highest BCUT2D eigenvalue weighted by Crippen LogP contribution is 2.18. The van der Waals surface area contributed by atoms with Crippen molar-refractivity contribution in [3.05, 3.63) is 89.6 Å². The van der Waals surface area contributed by atoms with Crippen LogP contribution in [-0.4, -0.2) is 29.4 Å². The van der Waals surface area contributed by atoms with E-state index in [4.69, 9.17) is 4.74 Å². The summed E-state index contributed by atoms with van der Waals surface area (Å²) in [7, 11) is 1.66. The fourth-order valence-electron chi connectivity index (χ4n) is 2.97. The summed E-state index contributed by atoms with van der Waals surface area (Å²) >= 11 is 0. The van der Waals surface area contributed by atoms with Crippen molar-refractivity contribution in [3.63, 3.8) is 0 Å². The van der Waals surface area contributed by atoms with Gasteiger partial charge in [-0.3, -0.25) is 4.79 Å². The molecule has 28 heavy (non-hydrogen) atoms. The Balaban J connectivity index is 1.63. The number of methoxy groups -OCH3 is 1. The first-order valence-electron chi connectivity index (χ1n) is 9.36. The van der Waals surface area contributed by atoms with Crippen LogP contribution < -0.4 is 10.1 Å². The lowest BCUT2D eigenvalue weighted by molar-refractivity contribution is 0.0752. The van der Waals surface area contributed by atoms with Crippen molar-refractivity contribution in [1.29, 1.82) is 0 Å². The van der Waals surface area contributed by atoms with E-state index in [-0.39, 0.29) is 5.91 Å². The summed E-state index contributed by atoms with van der Waals surface area (Å²) in [6.07, 6.45) is 1.63. The minimum atomic E-state index is -0.0184. The zero-order chi connectivity index (χ0) is 19.8. The lowest BCUT2D eigenvalue weighted by atomic mass is 10.2. The van der Waals surface area contributed by atoms with Gasteiger partial charge >= 0.3 is 0 Å². The van der Waals surface area contributed by atoms with Gasteiger partial charge in [0, 0.05) is 31.4 Å². The van der Waals surface area contributed by atoms with Gasteiger partial charge in [-0.25, -0.2) is 4.98 Å². The van der Waals surface area contributed by atoms with Crippen LogP contribution in [0.25, 0.3) is 0 Å². The molecule has 3 rings (SSSR count). The molecule has 0 saturated carbocycles. The summed E-state index contributed by atoms with van der Waals surface area (Å²) in [5.74, 6) is 1.53. The molecule has 0 bridgehead atoms. The van der Waals surface area contributed by atoms with Crippen LogP contribution >= 0.6 is 0 Å². The summed E-state index contributed by atoms with van der Waals surface area (Å²) in [6, 6.07) is 21.5. The van der Waals surface area contributed by atoms with Gasteiger partial charge in [0.15, 0.2) is 0 Å². The van der Waals surface area contributed by atoms with Crippen LogP contribution in [0.5, 0.6) is 5.75 Å². The molecular formula is C23H25N3O2. The second-order valence-corrected chi connectivity index (χ2v) is 6.40.